The van der Waals surface area contributed by atoms with Crippen LogP contribution < -0.4 is 4.74 Å². The molecule has 0 saturated carbocycles. The molecule has 0 amide bonds. The van der Waals surface area contributed by atoms with Gasteiger partial charge in [-0.25, -0.2) is 0 Å². The van der Waals surface area contributed by atoms with Gasteiger partial charge < -0.3 is 9.64 Å². The predicted molar refractivity (Wildman–Crippen MR) is 79.7 cm³/mol. The molecule has 1 aromatic heterocycles. The molecule has 7 heteroatoms. The SMILES string of the molecule is [2H]C([2H])([2H])N1CCC=C(c2nsnc2OC(F)(F)CCCCC)C1([2H])[2H]. The lowest BCUT2D eigenvalue weighted by Crippen LogP contribution is -2.27. The highest BCUT2D eigenvalue weighted by Crippen LogP contribution is 2.32. The van der Waals surface area contributed by atoms with Crippen LogP contribution in [0.2, 0.25) is 0 Å². The largest absolute Gasteiger partial charge is 0.411 e. The van der Waals surface area contributed by atoms with Crippen molar-refractivity contribution in [2.24, 2.45) is 0 Å². The zero-order valence-corrected chi connectivity index (χ0v) is 12.6. The maximum atomic E-state index is 14.0. The molecule has 21 heavy (non-hydrogen) atoms. The lowest BCUT2D eigenvalue weighted by atomic mass is 10.1. The van der Waals surface area contributed by atoms with Crippen molar-refractivity contribution in [1.29, 1.82) is 0 Å². The molecule has 0 unspecified atom stereocenters. The minimum atomic E-state index is -3.45. The van der Waals surface area contributed by atoms with Gasteiger partial charge in [-0.3, -0.25) is 0 Å². The first-order valence-corrected chi connectivity index (χ1v) is 7.60. The Morgan fingerprint density at radius 3 is 3.14 bits per heavy atom. The molecule has 1 aliphatic rings. The molecule has 0 fully saturated rings. The second kappa shape index (κ2) is 7.26. The maximum absolute atomic E-state index is 14.0. The first kappa shape index (κ1) is 10.6. The molecule has 0 aliphatic carbocycles. The summed E-state index contributed by atoms with van der Waals surface area (Å²) in [6, 6.07) is 0. The Balaban J connectivity index is 2.25. The monoisotopic (exact) mass is 322 g/mol. The average Bonchev–Trinajstić information content (AvgIpc) is 2.92. The molecule has 2 heterocycles. The summed E-state index contributed by atoms with van der Waals surface area (Å²) in [5, 5.41) is 0. The molecule has 118 valence electrons. The number of alkyl halides is 2. The summed E-state index contributed by atoms with van der Waals surface area (Å²) in [4.78, 5) is 0.706. The molecule has 2 rings (SSSR count). The van der Waals surface area contributed by atoms with E-state index in [9.17, 15) is 8.78 Å². The van der Waals surface area contributed by atoms with Gasteiger partial charge >= 0.3 is 6.11 Å². The minimum Gasteiger partial charge on any atom is -0.411 e. The number of aromatic nitrogens is 2. The number of nitrogens with zero attached hydrogens (tertiary/aromatic N) is 3. The van der Waals surface area contributed by atoms with Crippen LogP contribution in [-0.4, -0.2) is 39.8 Å². The first-order valence-electron chi connectivity index (χ1n) is 9.37. The van der Waals surface area contributed by atoms with Gasteiger partial charge in [0.2, 0.25) is 0 Å². The highest BCUT2D eigenvalue weighted by atomic mass is 32.1. The van der Waals surface area contributed by atoms with Crippen molar-refractivity contribution in [3.8, 4) is 5.88 Å². The molecular formula is C14H21F2N3OS. The van der Waals surface area contributed by atoms with Crippen LogP contribution in [0.1, 0.15) is 51.6 Å². The second-order valence-corrected chi connectivity index (χ2v) is 5.31. The van der Waals surface area contributed by atoms with Gasteiger partial charge in [-0.05, 0) is 25.4 Å². The fourth-order valence-corrected chi connectivity index (χ4v) is 2.42. The van der Waals surface area contributed by atoms with Crippen molar-refractivity contribution in [3.05, 3.63) is 11.8 Å². The lowest BCUT2D eigenvalue weighted by Gasteiger charge is -2.23. The smallest absolute Gasteiger partial charge is 0.399 e. The Bertz CT molecular complexity index is 651. The highest BCUT2D eigenvalue weighted by Gasteiger charge is 2.33. The summed E-state index contributed by atoms with van der Waals surface area (Å²) in [5.41, 5.74) is -0.294. The number of hydrogen-bond donors (Lipinski definition) is 0. The van der Waals surface area contributed by atoms with Gasteiger partial charge in [-0.15, -0.1) is 4.37 Å². The van der Waals surface area contributed by atoms with E-state index < -0.39 is 31.9 Å². The van der Waals surface area contributed by atoms with Crippen molar-refractivity contribution in [1.82, 2.24) is 13.6 Å². The number of unbranched alkanes of at least 4 members (excludes halogenated alkanes) is 2. The Labute approximate surface area is 135 Å². The van der Waals surface area contributed by atoms with Crippen molar-refractivity contribution in [2.45, 2.75) is 45.1 Å². The van der Waals surface area contributed by atoms with E-state index >= 15 is 0 Å². The third-order valence-corrected chi connectivity index (χ3v) is 3.50. The van der Waals surface area contributed by atoms with Crippen LogP contribution >= 0.6 is 11.7 Å². The third-order valence-electron chi connectivity index (χ3n) is 2.99. The minimum absolute atomic E-state index is 0.0199. The van der Waals surface area contributed by atoms with Crippen molar-refractivity contribution < 1.29 is 20.4 Å². The van der Waals surface area contributed by atoms with E-state index in [0.717, 1.165) is 6.42 Å². The van der Waals surface area contributed by atoms with E-state index in [4.69, 9.17) is 11.6 Å². The lowest BCUT2D eigenvalue weighted by molar-refractivity contribution is -0.183. The number of halogens is 2. The van der Waals surface area contributed by atoms with Crippen molar-refractivity contribution in [3.63, 3.8) is 0 Å². The fraction of sp³-hybridized carbons (Fsp3) is 0.714. The normalized spacial score (nSPS) is 23.4. The Kier molecular flexibility index (Phi) is 3.67. The Morgan fingerprint density at radius 2 is 2.38 bits per heavy atom. The molecular weight excluding hydrogens is 296 g/mol. The number of rotatable bonds is 7. The van der Waals surface area contributed by atoms with Crippen LogP contribution in [0.4, 0.5) is 8.78 Å². The van der Waals surface area contributed by atoms with Crippen molar-refractivity contribution in [2.75, 3.05) is 20.0 Å². The van der Waals surface area contributed by atoms with Gasteiger partial charge in [0.25, 0.3) is 5.88 Å². The molecule has 1 aromatic rings. The molecule has 4 nitrogen and oxygen atoms in total. The van der Waals surface area contributed by atoms with Crippen LogP contribution in [0.5, 0.6) is 5.88 Å². The Morgan fingerprint density at radius 1 is 1.52 bits per heavy atom. The van der Waals surface area contributed by atoms with Gasteiger partial charge in [0, 0.05) is 19.9 Å². The maximum Gasteiger partial charge on any atom is 0.399 e. The molecule has 0 aromatic carbocycles. The van der Waals surface area contributed by atoms with E-state index in [1.165, 1.54) is 6.08 Å². The number of likely N-dealkylation sites (N-methyl/N-ethyl adjacent to an activating group) is 1. The molecule has 1 aliphatic heterocycles. The van der Waals surface area contributed by atoms with Gasteiger partial charge in [0.15, 0.2) is 0 Å². The molecule has 0 atom stereocenters. The van der Waals surface area contributed by atoms with Crippen LogP contribution in [0.25, 0.3) is 5.57 Å². The van der Waals surface area contributed by atoms with Crippen LogP contribution in [-0.2, 0) is 0 Å². The molecule has 0 spiro atoms. The Hall–Kier alpha value is -1.08. The van der Waals surface area contributed by atoms with Crippen LogP contribution in [0, 0.1) is 0 Å². The molecule has 0 N–H and O–H groups in total. The van der Waals surface area contributed by atoms with Gasteiger partial charge in [-0.1, -0.05) is 25.8 Å². The van der Waals surface area contributed by atoms with E-state index in [1.54, 1.807) is 0 Å². The zero-order valence-electron chi connectivity index (χ0n) is 16.7. The summed E-state index contributed by atoms with van der Waals surface area (Å²) in [6.07, 6.45) is -0.513. The van der Waals surface area contributed by atoms with Crippen LogP contribution in [0.15, 0.2) is 6.08 Å². The van der Waals surface area contributed by atoms with Gasteiger partial charge in [-0.2, -0.15) is 13.2 Å². The summed E-state index contributed by atoms with van der Waals surface area (Å²) in [5.74, 6) is -0.473. The standard InChI is InChI=1S/C14H21F2N3OS/c1-3-4-5-8-14(15,16)20-13-12(17-21-18-13)11-7-6-9-19(2)10-11/h7H,3-6,8-10H2,1-2H3/i2D3,10D2. The van der Waals surface area contributed by atoms with Gasteiger partial charge in [0.1, 0.15) is 5.69 Å². The van der Waals surface area contributed by atoms with E-state index in [2.05, 4.69) is 8.75 Å². The first-order chi connectivity index (χ1) is 12.0. The fourth-order valence-electron chi connectivity index (χ4n) is 1.92. The highest BCUT2D eigenvalue weighted by molar-refractivity contribution is 6.99. The van der Waals surface area contributed by atoms with Crippen molar-refractivity contribution >= 4 is 17.3 Å². The summed E-state index contributed by atoms with van der Waals surface area (Å²) >= 11 is 0.613. The van der Waals surface area contributed by atoms with Gasteiger partial charge in [0.05, 0.1) is 18.1 Å². The van der Waals surface area contributed by atoms with E-state index in [0.29, 0.717) is 23.0 Å². The second-order valence-electron chi connectivity index (χ2n) is 4.78. The van der Waals surface area contributed by atoms with E-state index in [1.807, 2.05) is 6.92 Å². The topological polar surface area (TPSA) is 38.2 Å². The molecule has 0 bridgehead atoms. The quantitative estimate of drug-likeness (QED) is 0.716. The third kappa shape index (κ3) is 4.71. The summed E-state index contributed by atoms with van der Waals surface area (Å²) < 4.78 is 79.2. The van der Waals surface area contributed by atoms with Crippen LogP contribution in [0.3, 0.4) is 0 Å². The number of ether oxygens (including phenoxy) is 1. The summed E-state index contributed by atoms with van der Waals surface area (Å²) in [7, 11) is 0. The average molecular weight is 322 g/mol. The molecule has 0 radical (unpaired) electrons. The summed E-state index contributed by atoms with van der Waals surface area (Å²) in [6.45, 7) is -3.20. The molecule has 0 saturated heterocycles. The predicted octanol–water partition coefficient (Wildman–Crippen LogP) is 3.81. The zero-order chi connectivity index (χ0) is 19.6. The number of hydrogen-bond acceptors (Lipinski definition) is 5. The van der Waals surface area contributed by atoms with E-state index in [-0.39, 0.29) is 30.7 Å².